The van der Waals surface area contributed by atoms with Crippen LogP contribution < -0.4 is 5.32 Å². The SMILES string of the molecule is C\C=C/N=C(/C=C/C(C=CCC(C)=C(C)C)/C=C\C)N/C=C\C. The predicted molar refractivity (Wildman–Crippen MR) is 105 cm³/mol. The van der Waals surface area contributed by atoms with Crippen molar-refractivity contribution in [1.82, 2.24) is 5.32 Å². The Balaban J connectivity index is 5.01. The van der Waals surface area contributed by atoms with Crippen molar-refractivity contribution in [2.24, 2.45) is 10.9 Å². The lowest BCUT2D eigenvalue weighted by Gasteiger charge is -2.04. The first-order chi connectivity index (χ1) is 11.0. The summed E-state index contributed by atoms with van der Waals surface area (Å²) in [6, 6.07) is 0. The molecular formula is C21H32N2. The van der Waals surface area contributed by atoms with Gasteiger partial charge in [-0.2, -0.15) is 0 Å². The van der Waals surface area contributed by atoms with Crippen molar-refractivity contribution in [2.75, 3.05) is 0 Å². The molecular weight excluding hydrogens is 280 g/mol. The summed E-state index contributed by atoms with van der Waals surface area (Å²) in [6.45, 7) is 12.5. The topological polar surface area (TPSA) is 24.4 Å². The van der Waals surface area contributed by atoms with E-state index in [4.69, 9.17) is 0 Å². The molecule has 23 heavy (non-hydrogen) atoms. The minimum Gasteiger partial charge on any atom is -0.347 e. The fourth-order valence-corrected chi connectivity index (χ4v) is 1.67. The quantitative estimate of drug-likeness (QED) is 0.327. The van der Waals surface area contributed by atoms with Gasteiger partial charge >= 0.3 is 0 Å². The van der Waals surface area contributed by atoms with E-state index in [2.05, 4.69) is 61.5 Å². The number of rotatable bonds is 8. The largest absolute Gasteiger partial charge is 0.347 e. The first-order valence-corrected chi connectivity index (χ1v) is 8.22. The third-order valence-electron chi connectivity index (χ3n) is 3.29. The van der Waals surface area contributed by atoms with Gasteiger partial charge in [0.1, 0.15) is 5.84 Å². The monoisotopic (exact) mass is 312 g/mol. The minimum atomic E-state index is 0.271. The standard InChI is InChI=1S/C21H32N2/c1-7-11-20(13-10-12-19(6)18(4)5)14-15-21(22-16-8-2)23-17-9-3/h7-11,13-17,20H,12H2,1-6H3,(H,22,23)/b11-7-,13-10?,15-14+,16-8-,17-9-. The van der Waals surface area contributed by atoms with E-state index >= 15 is 0 Å². The molecule has 0 spiro atoms. The molecule has 0 heterocycles. The highest BCUT2D eigenvalue weighted by Gasteiger charge is 1.96. The van der Waals surface area contributed by atoms with Crippen molar-refractivity contribution >= 4 is 5.84 Å². The molecule has 0 aliphatic rings. The summed E-state index contributed by atoms with van der Waals surface area (Å²) in [4.78, 5) is 4.37. The van der Waals surface area contributed by atoms with E-state index in [-0.39, 0.29) is 5.92 Å². The molecule has 0 aromatic rings. The summed E-state index contributed by atoms with van der Waals surface area (Å²) in [5.74, 6) is 1.10. The second kappa shape index (κ2) is 13.6. The van der Waals surface area contributed by atoms with Gasteiger partial charge in [-0.15, -0.1) is 0 Å². The second-order valence-corrected chi connectivity index (χ2v) is 5.52. The maximum absolute atomic E-state index is 4.37. The van der Waals surface area contributed by atoms with Crippen LogP contribution in [0.2, 0.25) is 0 Å². The van der Waals surface area contributed by atoms with Crippen LogP contribution in [0, 0.1) is 5.92 Å². The molecule has 2 heteroatoms. The lowest BCUT2D eigenvalue weighted by atomic mass is 10.0. The molecule has 0 saturated carbocycles. The molecule has 0 amide bonds. The average Bonchev–Trinajstić information content (AvgIpc) is 2.53. The fourth-order valence-electron chi connectivity index (χ4n) is 1.67. The van der Waals surface area contributed by atoms with Crippen LogP contribution >= 0.6 is 0 Å². The fraction of sp³-hybridized carbons (Fsp3) is 0.381. The smallest absolute Gasteiger partial charge is 0.129 e. The maximum Gasteiger partial charge on any atom is 0.129 e. The van der Waals surface area contributed by atoms with E-state index in [1.807, 2.05) is 45.2 Å². The molecule has 0 aromatic carbocycles. The molecule has 126 valence electrons. The number of amidine groups is 1. The van der Waals surface area contributed by atoms with E-state index in [0.717, 1.165) is 12.3 Å². The highest BCUT2D eigenvalue weighted by Crippen LogP contribution is 2.10. The molecule has 1 unspecified atom stereocenters. The highest BCUT2D eigenvalue weighted by atomic mass is 15.0. The zero-order chi connectivity index (χ0) is 17.5. The van der Waals surface area contributed by atoms with E-state index in [9.17, 15) is 0 Å². The van der Waals surface area contributed by atoms with Crippen LogP contribution in [0.3, 0.4) is 0 Å². The number of nitrogens with zero attached hydrogens (tertiary/aromatic N) is 1. The van der Waals surface area contributed by atoms with Gasteiger partial charge in [-0.3, -0.25) is 0 Å². The Hall–Kier alpha value is -2.09. The highest BCUT2D eigenvalue weighted by molar-refractivity contribution is 5.94. The summed E-state index contributed by atoms with van der Waals surface area (Å²) < 4.78 is 0. The van der Waals surface area contributed by atoms with Crippen LogP contribution in [0.15, 0.2) is 77.1 Å². The molecule has 0 aliphatic carbocycles. The Labute approximate surface area is 142 Å². The van der Waals surface area contributed by atoms with Crippen LogP contribution in [-0.4, -0.2) is 5.84 Å². The number of hydrogen-bond acceptors (Lipinski definition) is 1. The Morgan fingerprint density at radius 3 is 2.26 bits per heavy atom. The van der Waals surface area contributed by atoms with Gasteiger partial charge in [0, 0.05) is 12.1 Å². The Morgan fingerprint density at radius 1 is 0.957 bits per heavy atom. The van der Waals surface area contributed by atoms with E-state index in [0.29, 0.717) is 0 Å². The first kappa shape index (κ1) is 20.9. The number of aliphatic imine (C=N–C) groups is 1. The average molecular weight is 313 g/mol. The molecule has 0 aromatic heterocycles. The maximum atomic E-state index is 4.37. The molecule has 0 saturated heterocycles. The van der Waals surface area contributed by atoms with Crippen molar-refractivity contribution in [3.63, 3.8) is 0 Å². The Morgan fingerprint density at radius 2 is 1.70 bits per heavy atom. The molecule has 0 bridgehead atoms. The lowest BCUT2D eigenvalue weighted by molar-refractivity contribution is 1.04. The number of allylic oxidation sites excluding steroid dienone is 9. The van der Waals surface area contributed by atoms with Crippen LogP contribution in [0.1, 0.15) is 48.0 Å². The normalized spacial score (nSPS) is 14.8. The van der Waals surface area contributed by atoms with Crippen molar-refractivity contribution in [1.29, 1.82) is 0 Å². The molecule has 1 N–H and O–H groups in total. The van der Waals surface area contributed by atoms with Gasteiger partial charge in [0.2, 0.25) is 0 Å². The number of hydrogen-bond donors (Lipinski definition) is 1. The first-order valence-electron chi connectivity index (χ1n) is 8.22. The summed E-state index contributed by atoms with van der Waals surface area (Å²) in [7, 11) is 0. The van der Waals surface area contributed by atoms with Crippen LogP contribution in [0.5, 0.6) is 0 Å². The van der Waals surface area contributed by atoms with E-state index in [1.165, 1.54) is 11.1 Å². The van der Waals surface area contributed by atoms with Gasteiger partial charge < -0.3 is 5.32 Å². The third kappa shape index (κ3) is 11.2. The van der Waals surface area contributed by atoms with Crippen molar-refractivity contribution < 1.29 is 0 Å². The predicted octanol–water partition coefficient (Wildman–Crippen LogP) is 6.09. The molecule has 1 atom stereocenters. The second-order valence-electron chi connectivity index (χ2n) is 5.52. The van der Waals surface area contributed by atoms with E-state index < -0.39 is 0 Å². The zero-order valence-electron chi connectivity index (χ0n) is 15.5. The van der Waals surface area contributed by atoms with E-state index in [1.54, 1.807) is 6.20 Å². The van der Waals surface area contributed by atoms with Crippen molar-refractivity contribution in [3.05, 3.63) is 72.2 Å². The third-order valence-corrected chi connectivity index (χ3v) is 3.29. The Bertz CT molecular complexity index is 522. The molecule has 0 aliphatic heterocycles. The van der Waals surface area contributed by atoms with Gasteiger partial charge in [0.05, 0.1) is 0 Å². The summed E-state index contributed by atoms with van der Waals surface area (Å²) >= 11 is 0. The van der Waals surface area contributed by atoms with Gasteiger partial charge in [-0.1, -0.05) is 53.7 Å². The van der Waals surface area contributed by atoms with Crippen LogP contribution in [0.25, 0.3) is 0 Å². The summed E-state index contributed by atoms with van der Waals surface area (Å²) in [6.07, 6.45) is 21.4. The van der Waals surface area contributed by atoms with Gasteiger partial charge in [-0.05, 0) is 60.2 Å². The van der Waals surface area contributed by atoms with Gasteiger partial charge in [0.15, 0.2) is 0 Å². The van der Waals surface area contributed by atoms with Crippen molar-refractivity contribution in [2.45, 2.75) is 48.0 Å². The molecule has 0 radical (unpaired) electrons. The van der Waals surface area contributed by atoms with Crippen LogP contribution in [0.4, 0.5) is 0 Å². The van der Waals surface area contributed by atoms with Gasteiger partial charge in [0.25, 0.3) is 0 Å². The van der Waals surface area contributed by atoms with Crippen LogP contribution in [-0.2, 0) is 0 Å². The molecule has 0 fully saturated rings. The Kier molecular flexibility index (Phi) is 12.3. The lowest BCUT2D eigenvalue weighted by Crippen LogP contribution is -2.14. The summed E-state index contributed by atoms with van der Waals surface area (Å²) in [5.41, 5.74) is 2.82. The molecule has 2 nitrogen and oxygen atoms in total. The minimum absolute atomic E-state index is 0.271. The van der Waals surface area contributed by atoms with Crippen molar-refractivity contribution in [3.8, 4) is 0 Å². The zero-order valence-corrected chi connectivity index (χ0v) is 15.5. The van der Waals surface area contributed by atoms with Gasteiger partial charge in [-0.25, -0.2) is 4.99 Å². The number of nitrogens with one attached hydrogen (secondary N) is 1. The molecule has 0 rings (SSSR count). The summed E-state index contributed by atoms with van der Waals surface area (Å²) in [5, 5.41) is 3.17.